The predicted octanol–water partition coefficient (Wildman–Crippen LogP) is 1.42. The molecule has 1 aliphatic heterocycles. The minimum absolute atomic E-state index is 0.0761. The van der Waals surface area contributed by atoms with Gasteiger partial charge in [-0.2, -0.15) is 17.5 Å². The van der Waals surface area contributed by atoms with Crippen LogP contribution in [-0.4, -0.2) is 69.3 Å². The fraction of sp³-hybridized carbons (Fsp3) is 0.722. The van der Waals surface area contributed by atoms with Crippen molar-refractivity contribution in [3.05, 3.63) is 27.9 Å². The van der Waals surface area contributed by atoms with E-state index in [1.165, 1.54) is 4.31 Å². The molecule has 0 spiro atoms. The number of aromatic nitrogens is 2. The summed E-state index contributed by atoms with van der Waals surface area (Å²) >= 11 is 0. The van der Waals surface area contributed by atoms with Crippen molar-refractivity contribution in [1.82, 2.24) is 18.8 Å². The van der Waals surface area contributed by atoms with Crippen molar-refractivity contribution in [2.45, 2.75) is 64.2 Å². The number of hydrogen-bond donors (Lipinski definition) is 1. The summed E-state index contributed by atoms with van der Waals surface area (Å²) in [7, 11) is -3.25. The summed E-state index contributed by atoms with van der Waals surface area (Å²) in [6, 6.07) is 1.59. The van der Waals surface area contributed by atoms with Gasteiger partial charge < -0.3 is 5.11 Å². The minimum Gasteiger partial charge on any atom is -0.475 e. The van der Waals surface area contributed by atoms with E-state index < -0.39 is 22.2 Å². The van der Waals surface area contributed by atoms with Crippen LogP contribution in [0.15, 0.2) is 10.9 Å². The Bertz CT molecular complexity index is 940. The number of carbonyl (C=O) groups is 1. The summed E-state index contributed by atoms with van der Waals surface area (Å²) in [5, 5.41) is 6.90. The first-order valence-electron chi connectivity index (χ1n) is 10.0. The molecule has 0 saturated heterocycles. The number of rotatable bonds is 6. The first kappa shape index (κ1) is 25.3. The van der Waals surface area contributed by atoms with E-state index in [1.807, 2.05) is 0 Å². The molecular weight excluding hydrogens is 441 g/mol. The molecule has 1 aromatic rings. The van der Waals surface area contributed by atoms with Crippen molar-refractivity contribution in [3.8, 4) is 0 Å². The van der Waals surface area contributed by atoms with Gasteiger partial charge in [0, 0.05) is 25.7 Å². The Kier molecular flexibility index (Phi) is 8.22. The Morgan fingerprint density at radius 3 is 2.32 bits per heavy atom. The van der Waals surface area contributed by atoms with Gasteiger partial charge in [-0.25, -0.2) is 18.2 Å². The molecular formula is C18H27F3N4O5S. The lowest BCUT2D eigenvalue weighted by Gasteiger charge is -2.21. The Morgan fingerprint density at radius 2 is 1.84 bits per heavy atom. The summed E-state index contributed by atoms with van der Waals surface area (Å²) in [6.45, 7) is 7.74. The summed E-state index contributed by atoms with van der Waals surface area (Å²) in [5.41, 5.74) is 0.647. The Balaban J connectivity index is 0.000000423. The highest BCUT2D eigenvalue weighted by molar-refractivity contribution is 7.90. The van der Waals surface area contributed by atoms with Gasteiger partial charge in [0.2, 0.25) is 10.0 Å². The monoisotopic (exact) mass is 468 g/mol. The zero-order valence-electron chi connectivity index (χ0n) is 17.4. The number of halogens is 3. The van der Waals surface area contributed by atoms with E-state index in [1.54, 1.807) is 10.6 Å². The fourth-order valence-corrected chi connectivity index (χ4v) is 4.99. The first-order valence-corrected chi connectivity index (χ1v) is 11.5. The second kappa shape index (κ2) is 10.1. The van der Waals surface area contributed by atoms with Crippen LogP contribution >= 0.6 is 0 Å². The van der Waals surface area contributed by atoms with Gasteiger partial charge in [-0.05, 0) is 32.4 Å². The quantitative estimate of drug-likeness (QED) is 0.672. The van der Waals surface area contributed by atoms with Crippen LogP contribution in [0, 0.1) is 0 Å². The third-order valence-electron chi connectivity index (χ3n) is 5.08. The zero-order valence-corrected chi connectivity index (χ0v) is 18.2. The van der Waals surface area contributed by atoms with E-state index >= 15 is 0 Å². The molecule has 2 heterocycles. The molecule has 9 nitrogen and oxygen atoms in total. The molecule has 0 bridgehead atoms. The van der Waals surface area contributed by atoms with Gasteiger partial charge in [-0.1, -0.05) is 13.8 Å². The number of aliphatic carboxylic acids is 1. The van der Waals surface area contributed by atoms with Crippen LogP contribution in [0.2, 0.25) is 0 Å². The number of sulfonamides is 1. The van der Waals surface area contributed by atoms with Crippen molar-refractivity contribution >= 4 is 16.0 Å². The summed E-state index contributed by atoms with van der Waals surface area (Å²) in [6.07, 6.45) is -2.93. The topological polar surface area (TPSA) is 113 Å². The van der Waals surface area contributed by atoms with Crippen LogP contribution in [0.5, 0.6) is 0 Å². The molecule has 2 aliphatic rings. The SMILES string of the molecule is CCN(CC)Cc1cc(=O)n2c(n1)CN(S(=O)(=O)C1CC1)CCC2.O=C(O)C(F)(F)F. The van der Waals surface area contributed by atoms with Crippen molar-refractivity contribution in [1.29, 1.82) is 0 Å². The van der Waals surface area contributed by atoms with E-state index in [0.717, 1.165) is 31.6 Å². The molecule has 3 rings (SSSR count). The molecule has 31 heavy (non-hydrogen) atoms. The average molecular weight is 468 g/mol. The van der Waals surface area contributed by atoms with Crippen LogP contribution in [0.3, 0.4) is 0 Å². The second-order valence-electron chi connectivity index (χ2n) is 7.35. The molecule has 1 N–H and O–H groups in total. The highest BCUT2D eigenvalue weighted by Crippen LogP contribution is 2.32. The van der Waals surface area contributed by atoms with Crippen molar-refractivity contribution < 1.29 is 31.5 Å². The number of carboxylic acid groups (broad SMARTS) is 1. The molecule has 0 unspecified atom stereocenters. The third-order valence-corrected chi connectivity index (χ3v) is 7.42. The zero-order chi connectivity index (χ0) is 23.4. The Labute approximate surface area is 178 Å². The highest BCUT2D eigenvalue weighted by Gasteiger charge is 2.41. The number of hydrogen-bond acceptors (Lipinski definition) is 6. The van der Waals surface area contributed by atoms with Crippen LogP contribution in [0.25, 0.3) is 0 Å². The molecule has 1 saturated carbocycles. The van der Waals surface area contributed by atoms with Gasteiger partial charge in [0.15, 0.2) is 0 Å². The van der Waals surface area contributed by atoms with Crippen molar-refractivity contribution in [2.75, 3.05) is 19.6 Å². The minimum atomic E-state index is -5.08. The van der Waals surface area contributed by atoms with Crippen LogP contribution in [0.1, 0.15) is 44.6 Å². The molecule has 1 aromatic heterocycles. The second-order valence-corrected chi connectivity index (χ2v) is 9.56. The van der Waals surface area contributed by atoms with Gasteiger partial charge in [-0.3, -0.25) is 14.3 Å². The lowest BCUT2D eigenvalue weighted by molar-refractivity contribution is -0.192. The molecule has 0 aromatic carbocycles. The standard InChI is InChI=1S/C16H26N4O3S.C2HF3O2/c1-3-18(4-2)11-13-10-16(21)20-9-5-8-19(12-15(20)17-13)24(22,23)14-6-7-14;3-2(4,5)1(6)7/h10,14H,3-9,11-12H2,1-2H3;(H,6,7). The van der Waals surface area contributed by atoms with Crippen LogP contribution in [0.4, 0.5) is 13.2 Å². The van der Waals surface area contributed by atoms with Crippen molar-refractivity contribution in [2.24, 2.45) is 0 Å². The van der Waals surface area contributed by atoms with Crippen LogP contribution in [-0.2, 0) is 34.5 Å². The Morgan fingerprint density at radius 1 is 1.26 bits per heavy atom. The van der Waals surface area contributed by atoms with Gasteiger partial charge in [-0.15, -0.1) is 0 Å². The Hall–Kier alpha value is -1.99. The van der Waals surface area contributed by atoms with E-state index in [-0.39, 0.29) is 17.4 Å². The average Bonchev–Trinajstić information content (AvgIpc) is 3.52. The van der Waals surface area contributed by atoms with E-state index in [2.05, 4.69) is 23.7 Å². The molecule has 0 radical (unpaired) electrons. The number of nitrogens with zero attached hydrogens (tertiary/aromatic N) is 4. The lowest BCUT2D eigenvalue weighted by atomic mass is 10.3. The van der Waals surface area contributed by atoms with Crippen LogP contribution < -0.4 is 5.56 Å². The number of fused-ring (bicyclic) bond motifs is 1. The maximum Gasteiger partial charge on any atom is 0.490 e. The molecule has 0 atom stereocenters. The molecule has 176 valence electrons. The summed E-state index contributed by atoms with van der Waals surface area (Å²) < 4.78 is 60.0. The third kappa shape index (κ3) is 6.74. The van der Waals surface area contributed by atoms with E-state index in [9.17, 15) is 26.4 Å². The van der Waals surface area contributed by atoms with Gasteiger partial charge in [0.1, 0.15) is 5.82 Å². The predicted molar refractivity (Wildman–Crippen MR) is 106 cm³/mol. The summed E-state index contributed by atoms with van der Waals surface area (Å²) in [4.78, 5) is 28.1. The van der Waals surface area contributed by atoms with Gasteiger partial charge >= 0.3 is 12.1 Å². The lowest BCUT2D eigenvalue weighted by Crippen LogP contribution is -2.34. The normalized spacial score (nSPS) is 17.5. The largest absolute Gasteiger partial charge is 0.490 e. The van der Waals surface area contributed by atoms with Gasteiger partial charge in [0.25, 0.3) is 5.56 Å². The molecule has 1 fully saturated rings. The summed E-state index contributed by atoms with van der Waals surface area (Å²) in [5.74, 6) is -2.18. The smallest absolute Gasteiger partial charge is 0.475 e. The van der Waals surface area contributed by atoms with E-state index in [0.29, 0.717) is 31.9 Å². The highest BCUT2D eigenvalue weighted by atomic mass is 32.2. The number of alkyl halides is 3. The first-order chi connectivity index (χ1) is 14.4. The van der Waals surface area contributed by atoms with E-state index in [4.69, 9.17) is 9.90 Å². The van der Waals surface area contributed by atoms with Gasteiger partial charge in [0.05, 0.1) is 17.5 Å². The van der Waals surface area contributed by atoms with Crippen molar-refractivity contribution in [3.63, 3.8) is 0 Å². The maximum absolute atomic E-state index is 12.6. The molecule has 13 heteroatoms. The maximum atomic E-state index is 12.6. The molecule has 0 amide bonds. The molecule has 1 aliphatic carbocycles. The fourth-order valence-electron chi connectivity index (χ4n) is 3.16. The number of carboxylic acids is 1.